The van der Waals surface area contributed by atoms with E-state index >= 15 is 0 Å². The van der Waals surface area contributed by atoms with E-state index < -0.39 is 22.9 Å². The first kappa shape index (κ1) is 20.5. The minimum Gasteiger partial charge on any atom is -0.489 e. The monoisotopic (exact) mass is 398 g/mol. The summed E-state index contributed by atoms with van der Waals surface area (Å²) in [5.74, 6) is -0.594. The molecule has 0 heterocycles. The summed E-state index contributed by atoms with van der Waals surface area (Å²) in [4.78, 5) is 24.4. The van der Waals surface area contributed by atoms with Crippen molar-refractivity contribution in [2.45, 2.75) is 64.7 Å². The highest BCUT2D eigenvalue weighted by Gasteiger charge is 2.62. The molecule has 0 aliphatic heterocycles. The van der Waals surface area contributed by atoms with Gasteiger partial charge < -0.3 is 15.8 Å². The van der Waals surface area contributed by atoms with Crippen molar-refractivity contribution in [2.24, 2.45) is 16.6 Å². The minimum absolute atomic E-state index is 0.0140. The van der Waals surface area contributed by atoms with Crippen molar-refractivity contribution in [1.82, 2.24) is 0 Å². The number of halogens is 3. The number of hydrogen-bond donors (Lipinski definition) is 2. The Hall–Kier alpha value is -2.25. The molecule has 28 heavy (non-hydrogen) atoms. The van der Waals surface area contributed by atoms with E-state index in [2.05, 4.69) is 5.32 Å². The van der Waals surface area contributed by atoms with E-state index in [1.54, 1.807) is 13.8 Å². The molecule has 3 fully saturated rings. The summed E-state index contributed by atoms with van der Waals surface area (Å²) < 4.78 is 45.9. The van der Waals surface area contributed by atoms with Crippen LogP contribution >= 0.6 is 0 Å². The van der Waals surface area contributed by atoms with Crippen LogP contribution in [0.5, 0.6) is 5.75 Å². The molecule has 1 aromatic rings. The average molecular weight is 398 g/mol. The molecule has 3 saturated carbocycles. The van der Waals surface area contributed by atoms with E-state index in [1.807, 2.05) is 0 Å². The molecule has 0 aromatic heterocycles. The van der Waals surface area contributed by atoms with E-state index in [-0.39, 0.29) is 56.1 Å². The predicted molar refractivity (Wildman–Crippen MR) is 98.0 cm³/mol. The van der Waals surface area contributed by atoms with E-state index in [1.165, 1.54) is 18.2 Å². The number of benzene rings is 1. The van der Waals surface area contributed by atoms with Gasteiger partial charge >= 0.3 is 6.18 Å². The third-order valence-corrected chi connectivity index (χ3v) is 6.21. The number of amides is 2. The predicted octanol–water partition coefficient (Wildman–Crippen LogP) is 4.41. The Kier molecular flexibility index (Phi) is 5.10. The first-order valence-corrected chi connectivity index (χ1v) is 9.47. The van der Waals surface area contributed by atoms with Gasteiger partial charge in [0.05, 0.1) is 17.2 Å². The molecule has 0 radical (unpaired) electrons. The molecule has 2 amide bonds. The fraction of sp³-hybridized carbons (Fsp3) is 0.600. The maximum Gasteiger partial charge on any atom is 0.394 e. The molecular weight excluding hydrogens is 373 g/mol. The number of primary amides is 1. The van der Waals surface area contributed by atoms with Crippen LogP contribution in [0.1, 0.15) is 62.7 Å². The van der Waals surface area contributed by atoms with Gasteiger partial charge in [0.1, 0.15) is 5.75 Å². The Bertz CT molecular complexity index is 765. The number of ether oxygens (including phenoxy) is 1. The minimum atomic E-state index is -4.22. The highest BCUT2D eigenvalue weighted by Crippen LogP contribution is 2.63. The summed E-state index contributed by atoms with van der Waals surface area (Å²) in [6.45, 7) is 3.61. The van der Waals surface area contributed by atoms with Gasteiger partial charge in [0.15, 0.2) is 0 Å². The normalized spacial score (nSPS) is 26.9. The molecule has 3 aliphatic rings. The van der Waals surface area contributed by atoms with Crippen molar-refractivity contribution in [2.75, 3.05) is 5.32 Å². The number of nitrogens with one attached hydrogen (secondary N) is 1. The number of rotatable bonds is 5. The zero-order valence-corrected chi connectivity index (χ0v) is 16.0. The lowest BCUT2D eigenvalue weighted by molar-refractivity contribution is -0.258. The Morgan fingerprint density at radius 2 is 1.68 bits per heavy atom. The smallest absolute Gasteiger partial charge is 0.394 e. The molecule has 3 aliphatic carbocycles. The van der Waals surface area contributed by atoms with Crippen molar-refractivity contribution in [1.29, 1.82) is 0 Å². The zero-order chi connectivity index (χ0) is 20.7. The lowest BCUT2D eigenvalue weighted by Crippen LogP contribution is -2.53. The van der Waals surface area contributed by atoms with Crippen LogP contribution in [0.3, 0.4) is 0 Å². The molecule has 8 heteroatoms. The lowest BCUT2D eigenvalue weighted by atomic mass is 9.53. The van der Waals surface area contributed by atoms with Crippen LogP contribution in [-0.4, -0.2) is 24.1 Å². The number of fused-ring (bicyclic) bond motifs is 3. The molecule has 0 atom stereocenters. The number of alkyl halides is 3. The summed E-state index contributed by atoms with van der Waals surface area (Å²) in [7, 11) is 0. The van der Waals surface area contributed by atoms with Gasteiger partial charge in [-0.3, -0.25) is 9.59 Å². The quantitative estimate of drug-likeness (QED) is 0.771. The molecule has 3 N–H and O–H groups in total. The summed E-state index contributed by atoms with van der Waals surface area (Å²) in [6.07, 6.45) is -3.80. The van der Waals surface area contributed by atoms with Gasteiger partial charge in [-0.25, -0.2) is 0 Å². The maximum atomic E-state index is 13.4. The molecule has 4 rings (SSSR count). The van der Waals surface area contributed by atoms with Crippen LogP contribution in [0.2, 0.25) is 0 Å². The largest absolute Gasteiger partial charge is 0.489 e. The number of hydrogen-bond acceptors (Lipinski definition) is 3. The highest BCUT2D eigenvalue weighted by molar-refractivity contribution is 5.98. The number of carbonyl (C=O) groups is 2. The van der Waals surface area contributed by atoms with Crippen LogP contribution in [0.4, 0.5) is 18.9 Å². The van der Waals surface area contributed by atoms with Crippen LogP contribution in [0, 0.1) is 10.8 Å². The summed E-state index contributed by atoms with van der Waals surface area (Å²) in [6, 6.07) is 4.49. The number of carbonyl (C=O) groups excluding carboxylic acids is 2. The number of nitrogens with two attached hydrogens (primary N) is 1. The average Bonchev–Trinajstić information content (AvgIpc) is 2.63. The molecule has 1 aromatic carbocycles. The molecule has 0 saturated heterocycles. The maximum absolute atomic E-state index is 13.4. The van der Waals surface area contributed by atoms with Gasteiger partial charge in [0, 0.05) is 11.0 Å². The third-order valence-electron chi connectivity index (χ3n) is 6.21. The van der Waals surface area contributed by atoms with Gasteiger partial charge in [-0.1, -0.05) is 0 Å². The lowest BCUT2D eigenvalue weighted by Gasteiger charge is -2.52. The highest BCUT2D eigenvalue weighted by atomic mass is 19.4. The van der Waals surface area contributed by atoms with Crippen molar-refractivity contribution < 1.29 is 27.5 Å². The molecule has 5 nitrogen and oxygen atoms in total. The van der Waals surface area contributed by atoms with Crippen molar-refractivity contribution in [3.05, 3.63) is 23.8 Å². The molecule has 0 unspecified atom stereocenters. The van der Waals surface area contributed by atoms with Crippen molar-refractivity contribution >= 4 is 17.5 Å². The van der Waals surface area contributed by atoms with Crippen LogP contribution < -0.4 is 15.8 Å². The zero-order valence-electron chi connectivity index (χ0n) is 16.0. The van der Waals surface area contributed by atoms with Crippen molar-refractivity contribution in [3.63, 3.8) is 0 Å². The van der Waals surface area contributed by atoms with E-state index in [4.69, 9.17) is 10.5 Å². The third kappa shape index (κ3) is 3.56. The fourth-order valence-electron chi connectivity index (χ4n) is 4.34. The number of anilines is 1. The topological polar surface area (TPSA) is 81.4 Å². The van der Waals surface area contributed by atoms with Crippen LogP contribution in [0.25, 0.3) is 0 Å². The first-order valence-electron chi connectivity index (χ1n) is 9.47. The Balaban J connectivity index is 1.80. The molecular formula is C20H25F3N2O3. The van der Waals surface area contributed by atoms with Gasteiger partial charge in [-0.15, -0.1) is 0 Å². The summed E-state index contributed by atoms with van der Waals surface area (Å²) in [5.41, 5.74) is 3.51. The Morgan fingerprint density at radius 3 is 2.14 bits per heavy atom. The SMILES string of the molecule is CC(C)Oc1cc(C(N)=O)ccc1NC(=O)C12CCC(C(F)(F)F)(CC1)CC2. The van der Waals surface area contributed by atoms with Crippen LogP contribution in [-0.2, 0) is 4.79 Å². The van der Waals surface area contributed by atoms with E-state index in [0.29, 0.717) is 11.4 Å². The van der Waals surface area contributed by atoms with Crippen molar-refractivity contribution in [3.8, 4) is 5.75 Å². The van der Waals surface area contributed by atoms with Gasteiger partial charge in [-0.05, 0) is 70.6 Å². The first-order chi connectivity index (χ1) is 13.0. The van der Waals surface area contributed by atoms with E-state index in [9.17, 15) is 22.8 Å². The standard InChI is InChI=1S/C20H25F3N2O3/c1-12(2)28-15-11-13(16(24)26)3-4-14(15)25-17(27)18-5-8-19(9-6-18,10-7-18)20(21,22)23/h3-4,11-12H,5-10H2,1-2H3,(H2,24,26)(H,25,27). The second kappa shape index (κ2) is 6.97. The van der Waals surface area contributed by atoms with Gasteiger partial charge in [0.25, 0.3) is 0 Å². The molecule has 2 bridgehead atoms. The Labute approximate surface area is 161 Å². The molecule has 154 valence electrons. The Morgan fingerprint density at radius 1 is 1.11 bits per heavy atom. The van der Waals surface area contributed by atoms with Gasteiger partial charge in [0.2, 0.25) is 11.8 Å². The van der Waals surface area contributed by atoms with E-state index in [0.717, 1.165) is 0 Å². The summed E-state index contributed by atoms with van der Waals surface area (Å²) >= 11 is 0. The van der Waals surface area contributed by atoms with Crippen LogP contribution in [0.15, 0.2) is 18.2 Å². The fourth-order valence-corrected chi connectivity index (χ4v) is 4.34. The second-order valence-electron chi connectivity index (χ2n) is 8.25. The summed E-state index contributed by atoms with van der Waals surface area (Å²) in [5, 5.41) is 2.82. The second-order valence-corrected chi connectivity index (χ2v) is 8.25. The van der Waals surface area contributed by atoms with Gasteiger partial charge in [-0.2, -0.15) is 13.2 Å². The molecule has 0 spiro atoms.